The van der Waals surface area contributed by atoms with Crippen LogP contribution in [0.1, 0.15) is 65.3 Å². The van der Waals surface area contributed by atoms with E-state index in [1.165, 1.54) is 0 Å². The lowest BCUT2D eigenvalue weighted by atomic mass is 9.89. The van der Waals surface area contributed by atoms with Crippen LogP contribution in [0.15, 0.2) is 18.2 Å². The Morgan fingerprint density at radius 3 is 2.35 bits per heavy atom. The molecule has 0 saturated carbocycles. The zero-order valence-electron chi connectivity index (χ0n) is 20.4. The Balaban J connectivity index is 3.23. The van der Waals surface area contributed by atoms with Gasteiger partial charge in [-0.15, -0.1) is 10.3 Å². The Kier molecular flexibility index (Phi) is 0.792. The predicted octanol–water partition coefficient (Wildman–Crippen LogP) is 2.52. The fraction of sp³-hybridized carbons (Fsp3) is 0.462. The van der Waals surface area contributed by atoms with Crippen LogP contribution in [0.4, 0.5) is 0 Å². The minimum atomic E-state index is -3.75. The second-order valence-electron chi connectivity index (χ2n) is 3.78. The van der Waals surface area contributed by atoms with Crippen LogP contribution in [0.2, 0.25) is 0 Å². The van der Waals surface area contributed by atoms with Crippen molar-refractivity contribution in [2.45, 2.75) is 38.5 Å². The van der Waals surface area contributed by atoms with Gasteiger partial charge in [-0.3, -0.25) is 0 Å². The molecule has 0 atom stereocenters. The van der Waals surface area contributed by atoms with Crippen LogP contribution in [-0.4, -0.2) is 16.1 Å². The summed E-state index contributed by atoms with van der Waals surface area (Å²) in [6.45, 7) is -14.9. The summed E-state index contributed by atoms with van der Waals surface area (Å²) in [5.41, 5.74) is -9.68. The fourth-order valence-electron chi connectivity index (χ4n) is 1.76. The Bertz CT molecular complexity index is 807. The molecule has 17 heavy (non-hydrogen) atoms. The van der Waals surface area contributed by atoms with Crippen molar-refractivity contribution in [3.05, 3.63) is 34.9 Å². The molecule has 1 radical (unpaired) electrons. The first kappa shape index (κ1) is 4.07. The SMILES string of the molecule is [2H]C([2H])([2H])C1(C([2H])([2H])[2H])c2ccc(C(=O)O)cc2C(C([2H])([2H])[2H])(C([2H])([2H])[2H])[15N]1[O]. The van der Waals surface area contributed by atoms with E-state index in [1.54, 1.807) is 0 Å². The molecule has 0 spiro atoms. The van der Waals surface area contributed by atoms with E-state index >= 15 is 0 Å². The Morgan fingerprint density at radius 1 is 1.24 bits per heavy atom. The van der Waals surface area contributed by atoms with Gasteiger partial charge >= 0.3 is 5.97 Å². The Morgan fingerprint density at radius 2 is 1.82 bits per heavy atom. The molecular formula is C13H16NO3. The number of hydrogen-bond acceptors (Lipinski definition) is 2. The summed E-state index contributed by atoms with van der Waals surface area (Å²) in [5.74, 6) is -1.62. The van der Waals surface area contributed by atoms with Crippen molar-refractivity contribution in [1.82, 2.24) is 5.06 Å². The highest BCUT2D eigenvalue weighted by Crippen LogP contribution is 2.48. The minimum absolute atomic E-state index is 0.542. The molecular weight excluding hydrogens is 219 g/mol. The standard InChI is InChI=1S/C13H16NO3/c1-12(2)9-6-5-8(11(15)16)7-10(9)13(3,4)14(12)17/h5-7H,1-4H3,(H,15,16)/i1D3,2D3,3D3,4D3,14+1. The van der Waals surface area contributed by atoms with Crippen molar-refractivity contribution < 1.29 is 31.6 Å². The number of carboxylic acid groups (broad SMARTS) is 1. The maximum absolute atomic E-state index is 13.4. The number of hydroxylamine groups is 2. The summed E-state index contributed by atoms with van der Waals surface area (Å²) in [5, 5.41) is 21.7. The molecule has 1 heterocycles. The van der Waals surface area contributed by atoms with Gasteiger partial charge in [-0.25, -0.2) is 4.79 Å². The van der Waals surface area contributed by atoms with Gasteiger partial charge in [-0.05, 0) is 50.7 Å². The van der Waals surface area contributed by atoms with Crippen LogP contribution in [0.3, 0.4) is 0 Å². The molecule has 1 aromatic carbocycles. The molecule has 1 aliphatic rings. The number of benzene rings is 1. The van der Waals surface area contributed by atoms with Crippen LogP contribution in [0.25, 0.3) is 0 Å². The van der Waals surface area contributed by atoms with Crippen LogP contribution < -0.4 is 0 Å². The molecule has 0 fully saturated rings. The van der Waals surface area contributed by atoms with Crippen LogP contribution in [0, 0.1) is 0 Å². The Labute approximate surface area is 117 Å². The van der Waals surface area contributed by atoms with Gasteiger partial charge in [0.1, 0.15) is 0 Å². The van der Waals surface area contributed by atoms with Gasteiger partial charge in [0.2, 0.25) is 0 Å². The minimum Gasteiger partial charge on any atom is -0.478 e. The number of carbonyl (C=O) groups is 1. The van der Waals surface area contributed by atoms with Gasteiger partial charge in [0.15, 0.2) is 0 Å². The quantitative estimate of drug-likeness (QED) is 0.776. The molecule has 0 unspecified atom stereocenters. The first-order valence-corrected chi connectivity index (χ1v) is 4.55. The third-order valence-electron chi connectivity index (χ3n) is 2.66. The first-order chi connectivity index (χ1) is 12.7. The smallest absolute Gasteiger partial charge is 0.335 e. The number of hydrogen-bond donors (Lipinski definition) is 1. The van der Waals surface area contributed by atoms with E-state index in [0.29, 0.717) is 12.1 Å². The lowest BCUT2D eigenvalue weighted by Crippen LogP contribution is -2.41. The van der Waals surface area contributed by atoms with Crippen LogP contribution >= 0.6 is 0 Å². The summed E-state index contributed by atoms with van der Waals surface area (Å²) in [7, 11) is 0. The molecule has 1 aliphatic heterocycles. The summed E-state index contributed by atoms with van der Waals surface area (Å²) in [6, 6.07) is 2.01. The van der Waals surface area contributed by atoms with Gasteiger partial charge in [-0.1, -0.05) is 6.07 Å². The molecule has 0 aromatic heterocycles. The van der Waals surface area contributed by atoms with E-state index in [2.05, 4.69) is 0 Å². The topological polar surface area (TPSA) is 60.4 Å². The molecule has 2 rings (SSSR count). The van der Waals surface area contributed by atoms with Crippen molar-refractivity contribution >= 4 is 5.97 Å². The van der Waals surface area contributed by atoms with E-state index in [0.717, 1.165) is 6.07 Å². The normalized spacial score (nSPS) is 34.6. The monoisotopic (exact) mass is 247 g/mol. The molecule has 91 valence electrons. The van der Waals surface area contributed by atoms with Crippen LogP contribution in [0.5, 0.6) is 0 Å². The average molecular weight is 247 g/mol. The molecule has 0 saturated heterocycles. The second kappa shape index (κ2) is 3.31. The third-order valence-corrected chi connectivity index (χ3v) is 2.66. The molecule has 4 heteroatoms. The summed E-state index contributed by atoms with van der Waals surface area (Å²) in [4.78, 5) is 11.4. The zero-order chi connectivity index (χ0) is 23.0. The highest BCUT2D eigenvalue weighted by atomic mass is 16.8. The molecule has 0 amide bonds. The van der Waals surface area contributed by atoms with Gasteiger partial charge in [0.05, 0.1) is 16.6 Å². The molecule has 4 nitrogen and oxygen atoms in total. The van der Waals surface area contributed by atoms with E-state index in [1.807, 2.05) is 0 Å². The highest BCUT2D eigenvalue weighted by Gasteiger charge is 2.50. The van der Waals surface area contributed by atoms with Crippen molar-refractivity contribution in [1.29, 1.82) is 0 Å². The lowest BCUT2D eigenvalue weighted by molar-refractivity contribution is -0.266. The third kappa shape index (κ3) is 1.48. The fourth-order valence-corrected chi connectivity index (χ4v) is 1.76. The van der Waals surface area contributed by atoms with E-state index in [4.69, 9.17) is 16.4 Å². The van der Waals surface area contributed by atoms with E-state index in [-0.39, 0.29) is 0 Å². The summed E-state index contributed by atoms with van der Waals surface area (Å²) >= 11 is 0. The summed E-state index contributed by atoms with van der Waals surface area (Å²) in [6.07, 6.45) is 0. The number of aromatic carboxylic acids is 1. The van der Waals surface area contributed by atoms with Crippen molar-refractivity contribution in [2.24, 2.45) is 0 Å². The number of nitrogens with zero attached hydrogens (tertiary/aromatic N) is 1. The Hall–Kier alpha value is -1.39. The number of carboxylic acids is 1. The summed E-state index contributed by atoms with van der Waals surface area (Å²) < 4.78 is 93.2. The lowest BCUT2D eigenvalue weighted by Gasteiger charge is -2.32. The van der Waals surface area contributed by atoms with Crippen molar-refractivity contribution in [3.8, 4) is 0 Å². The zero-order valence-corrected chi connectivity index (χ0v) is 8.44. The van der Waals surface area contributed by atoms with Gasteiger partial charge in [0.25, 0.3) is 0 Å². The second-order valence-corrected chi connectivity index (χ2v) is 3.78. The number of fused-ring (bicyclic) bond motifs is 1. The maximum atomic E-state index is 13.4. The van der Waals surface area contributed by atoms with Crippen molar-refractivity contribution in [3.63, 3.8) is 0 Å². The van der Waals surface area contributed by atoms with Crippen molar-refractivity contribution in [2.75, 3.05) is 0 Å². The molecule has 1 N–H and O–H groups in total. The maximum Gasteiger partial charge on any atom is 0.335 e. The van der Waals surface area contributed by atoms with Gasteiger partial charge in [-0.2, -0.15) is 0 Å². The highest BCUT2D eigenvalue weighted by molar-refractivity contribution is 5.88. The first-order valence-electron chi connectivity index (χ1n) is 10.5. The molecule has 0 bridgehead atoms. The molecule has 1 aromatic rings. The van der Waals surface area contributed by atoms with Gasteiger partial charge < -0.3 is 5.11 Å². The predicted molar refractivity (Wildman–Crippen MR) is 62.0 cm³/mol. The average Bonchev–Trinajstić information content (AvgIpc) is 2.70. The van der Waals surface area contributed by atoms with E-state index in [9.17, 15) is 15.1 Å². The van der Waals surface area contributed by atoms with Gasteiger partial charge in [0, 0.05) is 16.4 Å². The molecule has 0 aliphatic carbocycles. The van der Waals surface area contributed by atoms with Crippen LogP contribution in [-0.2, 0) is 16.3 Å². The number of rotatable bonds is 1. The van der Waals surface area contributed by atoms with E-state index < -0.39 is 66.2 Å². The largest absolute Gasteiger partial charge is 0.478 e.